The lowest BCUT2D eigenvalue weighted by atomic mass is 10.2. The Hall–Kier alpha value is -3.68. The van der Waals surface area contributed by atoms with Gasteiger partial charge in [-0.1, -0.05) is 12.1 Å². The molecule has 4 N–H and O–H groups in total. The molecule has 0 saturated carbocycles. The first kappa shape index (κ1) is 19.1. The lowest BCUT2D eigenvalue weighted by Gasteiger charge is -2.12. The van der Waals surface area contributed by atoms with Crippen molar-refractivity contribution in [3.05, 3.63) is 78.4 Å². The molecule has 3 rings (SSSR count). The van der Waals surface area contributed by atoms with Crippen LogP contribution in [-0.2, 0) is 6.18 Å². The topological polar surface area (TPSA) is 76.4 Å². The molecule has 0 spiro atoms. The van der Waals surface area contributed by atoms with Gasteiger partial charge in [0, 0.05) is 23.1 Å². The van der Waals surface area contributed by atoms with Gasteiger partial charge in [-0.2, -0.15) is 13.2 Å². The zero-order valence-corrected chi connectivity index (χ0v) is 14.5. The second-order valence-corrected chi connectivity index (χ2v) is 5.86. The number of nitrogens with two attached hydrogens (primary N) is 1. The van der Waals surface area contributed by atoms with E-state index in [-0.39, 0.29) is 5.69 Å². The summed E-state index contributed by atoms with van der Waals surface area (Å²) in [5, 5.41) is 4.93. The van der Waals surface area contributed by atoms with Crippen molar-refractivity contribution < 1.29 is 22.7 Å². The van der Waals surface area contributed by atoms with E-state index in [0.717, 1.165) is 12.1 Å². The van der Waals surface area contributed by atoms with Crippen LogP contribution >= 0.6 is 0 Å². The Morgan fingerprint density at radius 3 is 2.07 bits per heavy atom. The molecule has 0 radical (unpaired) electrons. The smallest absolute Gasteiger partial charge is 0.416 e. The van der Waals surface area contributed by atoms with E-state index in [9.17, 15) is 18.0 Å². The third-order valence-electron chi connectivity index (χ3n) is 3.66. The molecule has 28 heavy (non-hydrogen) atoms. The third-order valence-corrected chi connectivity index (χ3v) is 3.66. The fourth-order valence-corrected chi connectivity index (χ4v) is 2.38. The van der Waals surface area contributed by atoms with Gasteiger partial charge >= 0.3 is 12.2 Å². The highest BCUT2D eigenvalue weighted by atomic mass is 19.4. The number of carbonyl (C=O) groups is 1. The Bertz CT molecular complexity index is 973. The fraction of sp³-hybridized carbons (Fsp3) is 0.0500. The largest absolute Gasteiger partial charge is 0.457 e. The molecular weight excluding hydrogens is 371 g/mol. The zero-order chi connectivity index (χ0) is 20.1. The molecule has 0 saturated heterocycles. The second kappa shape index (κ2) is 7.91. The van der Waals surface area contributed by atoms with Gasteiger partial charge in [0.1, 0.15) is 11.5 Å². The van der Waals surface area contributed by atoms with Gasteiger partial charge in [-0.3, -0.25) is 0 Å². The first-order valence-corrected chi connectivity index (χ1v) is 8.18. The van der Waals surface area contributed by atoms with Gasteiger partial charge in [0.05, 0.1) is 5.56 Å². The van der Waals surface area contributed by atoms with Crippen LogP contribution in [0.2, 0.25) is 0 Å². The average Bonchev–Trinajstić information content (AvgIpc) is 2.63. The molecule has 0 aliphatic rings. The van der Waals surface area contributed by atoms with Gasteiger partial charge in [0.25, 0.3) is 0 Å². The van der Waals surface area contributed by atoms with Crippen LogP contribution in [0, 0.1) is 0 Å². The number of hydrogen-bond acceptors (Lipinski definition) is 3. The van der Waals surface area contributed by atoms with Crippen molar-refractivity contribution >= 4 is 23.1 Å². The van der Waals surface area contributed by atoms with Gasteiger partial charge in [-0.15, -0.1) is 0 Å². The van der Waals surface area contributed by atoms with Gasteiger partial charge in [0.2, 0.25) is 0 Å². The number of nitrogen functional groups attached to an aromatic ring is 1. The lowest BCUT2D eigenvalue weighted by molar-refractivity contribution is -0.137. The Balaban J connectivity index is 1.65. The Morgan fingerprint density at radius 1 is 0.821 bits per heavy atom. The van der Waals surface area contributed by atoms with Crippen molar-refractivity contribution in [2.75, 3.05) is 16.4 Å². The number of amides is 2. The van der Waals surface area contributed by atoms with E-state index < -0.39 is 17.8 Å². The molecule has 0 aliphatic heterocycles. The third kappa shape index (κ3) is 5.16. The first-order valence-electron chi connectivity index (χ1n) is 8.18. The summed E-state index contributed by atoms with van der Waals surface area (Å²) in [4.78, 5) is 12.1. The average molecular weight is 387 g/mol. The number of nitrogens with one attached hydrogen (secondary N) is 2. The first-order chi connectivity index (χ1) is 13.3. The summed E-state index contributed by atoms with van der Waals surface area (Å²) in [6.07, 6.45) is -4.48. The molecule has 0 aliphatic carbocycles. The number of carbonyl (C=O) groups excluding carboxylic acids is 1. The predicted octanol–water partition coefficient (Wildman–Crippen LogP) is 5.72. The maximum atomic E-state index is 12.7. The van der Waals surface area contributed by atoms with Crippen molar-refractivity contribution in [3.8, 4) is 11.5 Å². The molecule has 8 heteroatoms. The number of urea groups is 1. The number of halogens is 3. The Labute approximate surface area is 158 Å². The van der Waals surface area contributed by atoms with E-state index in [4.69, 9.17) is 10.5 Å². The highest BCUT2D eigenvalue weighted by molar-refractivity contribution is 5.99. The van der Waals surface area contributed by atoms with E-state index in [1.165, 1.54) is 12.1 Å². The van der Waals surface area contributed by atoms with Gasteiger partial charge < -0.3 is 21.1 Å². The number of alkyl halides is 3. The molecule has 5 nitrogen and oxygen atoms in total. The van der Waals surface area contributed by atoms with Gasteiger partial charge in [0.15, 0.2) is 0 Å². The second-order valence-electron chi connectivity index (χ2n) is 5.86. The molecule has 0 aromatic heterocycles. The molecule has 0 bridgehead atoms. The van der Waals surface area contributed by atoms with Gasteiger partial charge in [-0.05, 0) is 54.6 Å². The summed E-state index contributed by atoms with van der Waals surface area (Å²) in [5.74, 6) is 1.04. The summed E-state index contributed by atoms with van der Waals surface area (Å²) < 4.78 is 43.9. The summed E-state index contributed by atoms with van der Waals surface area (Å²) in [6.45, 7) is 0. The Kier molecular flexibility index (Phi) is 5.39. The highest BCUT2D eigenvalue weighted by Crippen LogP contribution is 2.30. The predicted molar refractivity (Wildman–Crippen MR) is 101 cm³/mol. The van der Waals surface area contributed by atoms with E-state index in [0.29, 0.717) is 22.9 Å². The zero-order valence-electron chi connectivity index (χ0n) is 14.5. The van der Waals surface area contributed by atoms with Gasteiger partial charge in [-0.25, -0.2) is 4.79 Å². The summed E-state index contributed by atoms with van der Waals surface area (Å²) in [7, 11) is 0. The molecule has 144 valence electrons. The summed E-state index contributed by atoms with van der Waals surface area (Å²) in [5.41, 5.74) is 5.83. The number of ether oxygens (including phenoxy) is 1. The van der Waals surface area contributed by atoms with Crippen molar-refractivity contribution in [2.45, 2.75) is 6.18 Å². The van der Waals surface area contributed by atoms with E-state index in [2.05, 4.69) is 10.6 Å². The van der Waals surface area contributed by atoms with Crippen LogP contribution in [0.15, 0.2) is 72.8 Å². The Morgan fingerprint density at radius 2 is 1.43 bits per heavy atom. The van der Waals surface area contributed by atoms with E-state index >= 15 is 0 Å². The van der Waals surface area contributed by atoms with Crippen molar-refractivity contribution in [3.63, 3.8) is 0 Å². The number of anilines is 3. The standard InChI is InChI=1S/C20H16F3N3O2/c21-20(22,23)13-3-1-4-15(11-13)25-19(27)26-16-5-2-6-18(12-16)28-17-9-7-14(24)8-10-17/h1-12H,24H2,(H2,25,26,27). The molecule has 2 amide bonds. The SMILES string of the molecule is Nc1ccc(Oc2cccc(NC(=O)Nc3cccc(C(F)(F)F)c3)c2)cc1. The number of hydrogen-bond donors (Lipinski definition) is 3. The molecule has 3 aromatic carbocycles. The quantitative estimate of drug-likeness (QED) is 0.501. The summed E-state index contributed by atoms with van der Waals surface area (Å²) >= 11 is 0. The minimum absolute atomic E-state index is 0.0293. The van der Waals surface area contributed by atoms with Crippen LogP contribution in [0.1, 0.15) is 5.56 Å². The maximum Gasteiger partial charge on any atom is 0.416 e. The molecule has 0 fully saturated rings. The normalized spacial score (nSPS) is 11.0. The molecule has 3 aromatic rings. The molecule has 0 heterocycles. The van der Waals surface area contributed by atoms with Crippen LogP contribution in [0.4, 0.5) is 35.0 Å². The molecule has 0 unspecified atom stereocenters. The number of rotatable bonds is 4. The fourth-order valence-electron chi connectivity index (χ4n) is 2.38. The van der Waals surface area contributed by atoms with Crippen LogP contribution in [-0.4, -0.2) is 6.03 Å². The lowest BCUT2D eigenvalue weighted by Crippen LogP contribution is -2.19. The highest BCUT2D eigenvalue weighted by Gasteiger charge is 2.30. The minimum Gasteiger partial charge on any atom is -0.457 e. The molecular formula is C20H16F3N3O2. The van der Waals surface area contributed by atoms with Crippen LogP contribution < -0.4 is 21.1 Å². The maximum absolute atomic E-state index is 12.7. The van der Waals surface area contributed by atoms with E-state index in [1.54, 1.807) is 48.5 Å². The van der Waals surface area contributed by atoms with Crippen LogP contribution in [0.3, 0.4) is 0 Å². The molecule has 0 atom stereocenters. The van der Waals surface area contributed by atoms with Crippen molar-refractivity contribution in [2.24, 2.45) is 0 Å². The number of benzene rings is 3. The minimum atomic E-state index is -4.48. The monoisotopic (exact) mass is 387 g/mol. The van der Waals surface area contributed by atoms with Crippen LogP contribution in [0.25, 0.3) is 0 Å². The van der Waals surface area contributed by atoms with Crippen molar-refractivity contribution in [1.82, 2.24) is 0 Å². The van der Waals surface area contributed by atoms with E-state index in [1.807, 2.05) is 0 Å². The van der Waals surface area contributed by atoms with Crippen molar-refractivity contribution in [1.29, 1.82) is 0 Å². The van der Waals surface area contributed by atoms with Crippen LogP contribution in [0.5, 0.6) is 11.5 Å². The summed E-state index contributed by atoms with van der Waals surface area (Å²) in [6, 6.07) is 17.1.